The van der Waals surface area contributed by atoms with Crippen molar-refractivity contribution < 1.29 is 14.0 Å². The van der Waals surface area contributed by atoms with Crippen molar-refractivity contribution in [3.8, 4) is 0 Å². The van der Waals surface area contributed by atoms with Gasteiger partial charge in [0.15, 0.2) is 11.6 Å². The van der Waals surface area contributed by atoms with Gasteiger partial charge in [0.05, 0.1) is 6.26 Å². The minimum absolute atomic E-state index is 0.0813. The molecule has 0 atom stereocenters. The van der Waals surface area contributed by atoms with Crippen molar-refractivity contribution in [3.05, 3.63) is 35.0 Å². The number of carbonyl (C=O) groups excluding carboxylic acids is 2. The van der Waals surface area contributed by atoms with Gasteiger partial charge in [-0.25, -0.2) is 0 Å². The number of piperazine rings is 1. The largest absolute Gasteiger partial charge is 0.459 e. The van der Waals surface area contributed by atoms with Gasteiger partial charge in [0.1, 0.15) is 5.01 Å². The smallest absolute Gasteiger partial charge is 0.289 e. The van der Waals surface area contributed by atoms with Gasteiger partial charge in [-0.05, 0) is 19.1 Å². The van der Waals surface area contributed by atoms with E-state index in [2.05, 4.69) is 15.3 Å². The van der Waals surface area contributed by atoms with E-state index < -0.39 is 0 Å². The number of nitrogens with zero attached hydrogens (tertiary/aromatic N) is 6. The van der Waals surface area contributed by atoms with E-state index >= 15 is 0 Å². The molecule has 4 rings (SSSR count). The first kappa shape index (κ1) is 16.7. The Morgan fingerprint density at radius 2 is 1.96 bits per heavy atom. The highest BCUT2D eigenvalue weighted by Gasteiger charge is 2.26. The summed E-state index contributed by atoms with van der Waals surface area (Å²) in [6, 6.07) is 3.35. The Bertz CT molecular complexity index is 923. The third kappa shape index (κ3) is 3.19. The molecule has 1 aliphatic heterocycles. The maximum absolute atomic E-state index is 12.4. The Morgan fingerprint density at radius 1 is 1.19 bits per heavy atom. The Hall–Kier alpha value is -2.75. The fourth-order valence-corrected chi connectivity index (χ4v) is 3.82. The lowest BCUT2D eigenvalue weighted by Gasteiger charge is -2.34. The van der Waals surface area contributed by atoms with Crippen molar-refractivity contribution in [1.29, 1.82) is 0 Å². The van der Waals surface area contributed by atoms with E-state index in [4.69, 9.17) is 4.42 Å². The van der Waals surface area contributed by atoms with E-state index in [1.54, 1.807) is 26.4 Å². The van der Waals surface area contributed by atoms with E-state index in [0.29, 0.717) is 44.8 Å². The van der Waals surface area contributed by atoms with Crippen LogP contribution in [0.25, 0.3) is 4.96 Å². The molecule has 136 valence electrons. The summed E-state index contributed by atoms with van der Waals surface area (Å²) >= 11 is 1.45. The number of amides is 2. The third-order valence-electron chi connectivity index (χ3n) is 4.39. The number of carbonyl (C=O) groups is 2. The van der Waals surface area contributed by atoms with Crippen LogP contribution in [0.4, 0.5) is 0 Å². The van der Waals surface area contributed by atoms with Gasteiger partial charge in [-0.1, -0.05) is 11.3 Å². The molecule has 1 fully saturated rings. The van der Waals surface area contributed by atoms with Gasteiger partial charge >= 0.3 is 0 Å². The molecule has 9 nitrogen and oxygen atoms in total. The van der Waals surface area contributed by atoms with Crippen LogP contribution in [0.15, 0.2) is 22.8 Å². The van der Waals surface area contributed by atoms with Crippen LogP contribution in [-0.2, 0) is 11.2 Å². The maximum atomic E-state index is 12.4. The predicted molar refractivity (Wildman–Crippen MR) is 92.9 cm³/mol. The molecule has 0 aromatic carbocycles. The van der Waals surface area contributed by atoms with Gasteiger partial charge in [-0.3, -0.25) is 9.59 Å². The number of rotatable bonds is 4. The highest BCUT2D eigenvalue weighted by atomic mass is 32.1. The first-order valence-electron chi connectivity index (χ1n) is 8.40. The summed E-state index contributed by atoms with van der Waals surface area (Å²) in [6.45, 7) is 3.95. The van der Waals surface area contributed by atoms with Crippen LogP contribution in [0.3, 0.4) is 0 Å². The molecule has 26 heavy (non-hydrogen) atoms. The Kier molecular flexibility index (Phi) is 4.41. The molecule has 0 saturated carbocycles. The lowest BCUT2D eigenvalue weighted by atomic mass is 10.2. The zero-order chi connectivity index (χ0) is 18.1. The number of hydrogen-bond donors (Lipinski definition) is 0. The molecule has 0 aliphatic carbocycles. The predicted octanol–water partition coefficient (Wildman–Crippen LogP) is 1.00. The Balaban J connectivity index is 1.28. The van der Waals surface area contributed by atoms with E-state index in [1.807, 2.05) is 6.92 Å². The topological polar surface area (TPSA) is 96.8 Å². The highest BCUT2D eigenvalue weighted by Crippen LogP contribution is 2.16. The SMILES string of the molecule is Cc1nnc2sc(CCC(=O)N3CCN(C(=O)c4ccco4)CC3)nn12. The number of fused-ring (bicyclic) bond motifs is 1. The molecule has 0 unspecified atom stereocenters. The molecular weight excluding hydrogens is 356 g/mol. The quantitative estimate of drug-likeness (QED) is 0.676. The lowest BCUT2D eigenvalue weighted by molar-refractivity contribution is -0.132. The monoisotopic (exact) mass is 374 g/mol. The standard InChI is InChI=1S/C16H18N6O3S/c1-11-17-18-16-22(11)19-13(26-16)4-5-14(23)20-6-8-21(9-7-20)15(24)12-3-2-10-25-12/h2-3,10H,4-9H2,1H3. The van der Waals surface area contributed by atoms with Crippen molar-refractivity contribution in [3.63, 3.8) is 0 Å². The van der Waals surface area contributed by atoms with Crippen LogP contribution in [-0.4, -0.2) is 67.6 Å². The molecule has 3 aromatic rings. The maximum Gasteiger partial charge on any atom is 0.289 e. The molecule has 1 aliphatic rings. The van der Waals surface area contributed by atoms with Crippen LogP contribution >= 0.6 is 11.3 Å². The van der Waals surface area contributed by atoms with Crippen LogP contribution in [0.2, 0.25) is 0 Å². The number of aryl methyl sites for hydroxylation is 2. The normalized spacial score (nSPS) is 15.0. The minimum Gasteiger partial charge on any atom is -0.459 e. The third-order valence-corrected chi connectivity index (χ3v) is 5.35. The van der Waals surface area contributed by atoms with Crippen LogP contribution in [0.1, 0.15) is 27.8 Å². The summed E-state index contributed by atoms with van der Waals surface area (Å²) < 4.78 is 6.85. The van der Waals surface area contributed by atoms with Gasteiger partial charge in [0.25, 0.3) is 5.91 Å². The molecule has 0 bridgehead atoms. The molecule has 4 heterocycles. The van der Waals surface area contributed by atoms with E-state index in [-0.39, 0.29) is 11.8 Å². The van der Waals surface area contributed by atoms with Gasteiger partial charge in [-0.15, -0.1) is 10.2 Å². The highest BCUT2D eigenvalue weighted by molar-refractivity contribution is 7.16. The average molecular weight is 374 g/mol. The second kappa shape index (κ2) is 6.87. The number of hydrogen-bond acceptors (Lipinski definition) is 7. The second-order valence-electron chi connectivity index (χ2n) is 6.09. The Morgan fingerprint density at radius 3 is 2.65 bits per heavy atom. The van der Waals surface area contributed by atoms with E-state index in [0.717, 1.165) is 15.8 Å². The molecular formula is C16H18N6O3S. The van der Waals surface area contributed by atoms with E-state index in [9.17, 15) is 9.59 Å². The number of aromatic nitrogens is 4. The van der Waals surface area contributed by atoms with Crippen molar-refractivity contribution >= 4 is 28.1 Å². The molecule has 10 heteroatoms. The zero-order valence-corrected chi connectivity index (χ0v) is 15.1. The van der Waals surface area contributed by atoms with Crippen molar-refractivity contribution in [2.75, 3.05) is 26.2 Å². The van der Waals surface area contributed by atoms with Crippen LogP contribution in [0.5, 0.6) is 0 Å². The fourth-order valence-electron chi connectivity index (χ4n) is 2.94. The van der Waals surface area contributed by atoms with Crippen molar-refractivity contribution in [1.82, 2.24) is 29.6 Å². The average Bonchev–Trinajstić information content (AvgIpc) is 3.39. The molecule has 2 amide bonds. The second-order valence-corrected chi connectivity index (χ2v) is 7.13. The fraction of sp³-hybridized carbons (Fsp3) is 0.438. The Labute approximate surface area is 153 Å². The molecule has 3 aromatic heterocycles. The summed E-state index contributed by atoms with van der Waals surface area (Å²) in [5, 5.41) is 13.3. The summed E-state index contributed by atoms with van der Waals surface area (Å²) in [4.78, 5) is 29.0. The van der Waals surface area contributed by atoms with Crippen molar-refractivity contribution in [2.24, 2.45) is 0 Å². The molecule has 0 spiro atoms. The zero-order valence-electron chi connectivity index (χ0n) is 14.3. The van der Waals surface area contributed by atoms with Crippen LogP contribution in [0, 0.1) is 6.92 Å². The minimum atomic E-state index is -0.128. The first-order chi connectivity index (χ1) is 12.6. The molecule has 1 saturated heterocycles. The summed E-state index contributed by atoms with van der Waals surface area (Å²) in [5.74, 6) is 1.03. The van der Waals surface area contributed by atoms with Crippen molar-refractivity contribution in [2.45, 2.75) is 19.8 Å². The van der Waals surface area contributed by atoms with E-state index in [1.165, 1.54) is 17.6 Å². The van der Waals surface area contributed by atoms with Gasteiger partial charge in [0.2, 0.25) is 10.9 Å². The van der Waals surface area contributed by atoms with Gasteiger partial charge in [0, 0.05) is 39.0 Å². The number of furan rings is 1. The van der Waals surface area contributed by atoms with Gasteiger partial charge in [-0.2, -0.15) is 9.61 Å². The summed E-state index contributed by atoms with van der Waals surface area (Å²) in [7, 11) is 0. The van der Waals surface area contributed by atoms with Gasteiger partial charge < -0.3 is 14.2 Å². The van der Waals surface area contributed by atoms with Crippen LogP contribution < -0.4 is 0 Å². The lowest BCUT2D eigenvalue weighted by Crippen LogP contribution is -2.50. The summed E-state index contributed by atoms with van der Waals surface area (Å²) in [6.07, 6.45) is 2.47. The summed E-state index contributed by atoms with van der Waals surface area (Å²) in [5.41, 5.74) is 0. The molecule has 0 N–H and O–H groups in total. The first-order valence-corrected chi connectivity index (χ1v) is 9.22. The molecule has 0 radical (unpaired) electrons.